The number of alkyl halides is 3. The van der Waals surface area contributed by atoms with E-state index in [4.69, 9.17) is 4.74 Å². The zero-order valence-corrected chi connectivity index (χ0v) is 19.5. The number of carbonyl (C=O) groups is 1. The van der Waals surface area contributed by atoms with Crippen molar-refractivity contribution in [1.29, 1.82) is 0 Å². The summed E-state index contributed by atoms with van der Waals surface area (Å²) in [4.78, 5) is 19.9. The molecule has 2 amide bonds. The van der Waals surface area contributed by atoms with Gasteiger partial charge in [0.1, 0.15) is 17.5 Å². The number of ether oxygens (including phenoxy) is 1. The van der Waals surface area contributed by atoms with Crippen molar-refractivity contribution in [2.75, 3.05) is 26.2 Å². The predicted octanol–water partition coefficient (Wildman–Crippen LogP) is 2.44. The minimum absolute atomic E-state index is 0.0411. The number of hydrogen-bond acceptors (Lipinski definition) is 7. The number of aliphatic hydroxyl groups is 1. The molecule has 4 heterocycles. The third-order valence-electron chi connectivity index (χ3n) is 8.60. The van der Waals surface area contributed by atoms with Crippen molar-refractivity contribution in [1.82, 2.24) is 35.2 Å². The predicted molar refractivity (Wildman–Crippen MR) is 116 cm³/mol. The molecule has 192 valence electrons. The Labute approximate surface area is 204 Å². The highest BCUT2D eigenvalue weighted by molar-refractivity contribution is 5.77. The van der Waals surface area contributed by atoms with E-state index in [-0.39, 0.29) is 28.8 Å². The smallest absolute Gasteiger partial charge is 0.435 e. The summed E-state index contributed by atoms with van der Waals surface area (Å²) in [5.74, 6) is 1.81. The maximum Gasteiger partial charge on any atom is 0.435 e. The summed E-state index contributed by atoms with van der Waals surface area (Å²) in [6, 6.07) is 2.14. The molecule has 0 unspecified atom stereocenters. The lowest BCUT2D eigenvalue weighted by atomic mass is 9.57. The van der Waals surface area contributed by atoms with Crippen LogP contribution < -0.4 is 4.74 Å². The molecule has 2 N–H and O–H groups in total. The van der Waals surface area contributed by atoms with E-state index in [9.17, 15) is 23.1 Å². The quantitative estimate of drug-likeness (QED) is 0.655. The molecule has 2 saturated heterocycles. The number of likely N-dealkylation sites (tertiary alicyclic amines) is 2. The summed E-state index contributed by atoms with van der Waals surface area (Å²) in [6.07, 6.45) is 0.257. The van der Waals surface area contributed by atoms with Crippen molar-refractivity contribution in [2.45, 2.75) is 62.3 Å². The number of amides is 2. The van der Waals surface area contributed by atoms with E-state index >= 15 is 0 Å². The topological polar surface area (TPSA) is 120 Å². The Hall–Kier alpha value is -2.96. The number of hydrogen-bond donors (Lipinski definition) is 2. The molecule has 2 aromatic heterocycles. The first-order chi connectivity index (χ1) is 17.0. The van der Waals surface area contributed by atoms with Crippen LogP contribution in [0.15, 0.2) is 12.1 Å². The molecule has 36 heavy (non-hydrogen) atoms. The maximum atomic E-state index is 12.9. The van der Waals surface area contributed by atoms with Crippen LogP contribution in [0.5, 0.6) is 5.88 Å². The number of carbonyl (C=O) groups excluding carboxylic acids is 1. The van der Waals surface area contributed by atoms with Crippen molar-refractivity contribution in [2.24, 2.45) is 10.8 Å². The van der Waals surface area contributed by atoms with Gasteiger partial charge in [-0.25, -0.2) is 4.79 Å². The molecule has 2 aromatic rings. The van der Waals surface area contributed by atoms with Gasteiger partial charge in [-0.05, 0) is 44.6 Å². The lowest BCUT2D eigenvalue weighted by Gasteiger charge is -2.62. The summed E-state index contributed by atoms with van der Waals surface area (Å²) in [5.41, 5.74) is -1.63. The van der Waals surface area contributed by atoms with Crippen LogP contribution in [0.1, 0.15) is 61.8 Å². The monoisotopic (exact) mass is 505 g/mol. The molecule has 10 nitrogen and oxygen atoms in total. The van der Waals surface area contributed by atoms with Crippen LogP contribution in [0.3, 0.4) is 0 Å². The van der Waals surface area contributed by atoms with E-state index in [1.54, 1.807) is 0 Å². The fraction of sp³-hybridized carbons (Fsp3) is 0.696. The van der Waals surface area contributed by atoms with E-state index < -0.39 is 17.5 Å². The van der Waals surface area contributed by atoms with Gasteiger partial charge in [0.25, 0.3) is 0 Å². The highest BCUT2D eigenvalue weighted by Crippen LogP contribution is 2.57. The van der Waals surface area contributed by atoms with Gasteiger partial charge in [-0.1, -0.05) is 0 Å². The normalized spacial score (nSPS) is 25.7. The van der Waals surface area contributed by atoms with Gasteiger partial charge in [0, 0.05) is 49.0 Å². The van der Waals surface area contributed by atoms with Crippen molar-refractivity contribution in [3.05, 3.63) is 29.5 Å². The number of urea groups is 1. The van der Waals surface area contributed by atoms with Crippen LogP contribution in [0.4, 0.5) is 18.0 Å². The number of nitrogens with zero attached hydrogens (tertiary/aromatic N) is 6. The third kappa shape index (κ3) is 3.53. The van der Waals surface area contributed by atoms with E-state index in [2.05, 4.69) is 25.4 Å². The van der Waals surface area contributed by atoms with Crippen LogP contribution in [-0.4, -0.2) is 78.6 Å². The van der Waals surface area contributed by atoms with E-state index in [1.165, 1.54) is 6.07 Å². The molecule has 0 atom stereocenters. The van der Waals surface area contributed by atoms with Crippen molar-refractivity contribution in [3.63, 3.8) is 0 Å². The van der Waals surface area contributed by atoms with Crippen LogP contribution in [-0.2, 0) is 11.8 Å². The summed E-state index contributed by atoms with van der Waals surface area (Å²) in [7, 11) is 0. The minimum Gasteiger partial charge on any atom is -0.473 e. The largest absolute Gasteiger partial charge is 0.473 e. The molecule has 2 aliphatic heterocycles. The Morgan fingerprint density at radius 1 is 0.972 bits per heavy atom. The Bertz CT molecular complexity index is 1180. The molecule has 3 saturated carbocycles. The highest BCUT2D eigenvalue weighted by Gasteiger charge is 2.59. The van der Waals surface area contributed by atoms with Gasteiger partial charge in [0.2, 0.25) is 5.88 Å². The first kappa shape index (κ1) is 22.3. The molecule has 3 aliphatic carbocycles. The third-order valence-corrected chi connectivity index (χ3v) is 8.60. The number of nitrogens with one attached hydrogen (secondary N) is 1. The maximum absolute atomic E-state index is 12.9. The van der Waals surface area contributed by atoms with E-state index in [0.29, 0.717) is 24.8 Å². The van der Waals surface area contributed by atoms with Crippen LogP contribution in [0, 0.1) is 10.8 Å². The zero-order chi connectivity index (χ0) is 24.9. The highest BCUT2D eigenvalue weighted by atomic mass is 19.4. The molecule has 0 aromatic carbocycles. The van der Waals surface area contributed by atoms with Gasteiger partial charge < -0.3 is 24.6 Å². The Kier molecular flexibility index (Phi) is 4.38. The number of aromatic amines is 1. The second-order valence-electron chi connectivity index (χ2n) is 11.6. The molecule has 7 rings (SSSR count). The van der Waals surface area contributed by atoms with Crippen molar-refractivity contribution < 1.29 is 27.8 Å². The van der Waals surface area contributed by atoms with Gasteiger partial charge in [0.15, 0.2) is 11.5 Å². The Balaban J connectivity index is 0.840. The fourth-order valence-corrected chi connectivity index (χ4v) is 6.41. The first-order valence-corrected chi connectivity index (χ1v) is 12.3. The van der Waals surface area contributed by atoms with E-state index in [1.807, 2.05) is 9.80 Å². The summed E-state index contributed by atoms with van der Waals surface area (Å²) >= 11 is 0. The standard InChI is InChI=1S/C23H26F3N7O3/c24-23(25,26)15-1-2-16(29-28-15)36-14-7-21(8-14)11-33(12-21)19(34)32-9-20(10-32)5-13(6-20)17-27-18(31-30-17)22(35)3-4-22/h1-2,13-14,35H,3-12H2,(H,27,30,31). The lowest BCUT2D eigenvalue weighted by Crippen LogP contribution is -2.71. The zero-order valence-electron chi connectivity index (χ0n) is 19.5. The minimum atomic E-state index is -4.52. The first-order valence-electron chi connectivity index (χ1n) is 12.3. The average molecular weight is 506 g/mol. The molecule has 0 bridgehead atoms. The van der Waals surface area contributed by atoms with Crippen LogP contribution >= 0.6 is 0 Å². The number of halogens is 3. The Morgan fingerprint density at radius 3 is 2.17 bits per heavy atom. The van der Waals surface area contributed by atoms with Crippen molar-refractivity contribution in [3.8, 4) is 5.88 Å². The number of aromatic nitrogens is 5. The molecule has 2 spiro atoms. The average Bonchev–Trinajstić information content (AvgIpc) is 3.27. The lowest BCUT2D eigenvalue weighted by molar-refractivity contribution is -0.142. The van der Waals surface area contributed by atoms with Gasteiger partial charge >= 0.3 is 12.2 Å². The molecule has 13 heteroatoms. The second kappa shape index (κ2) is 7.08. The molecular formula is C23H26F3N7O3. The second-order valence-corrected chi connectivity index (χ2v) is 11.6. The number of rotatable bonds is 4. The summed E-state index contributed by atoms with van der Waals surface area (Å²) < 4.78 is 43.5. The number of H-pyrrole nitrogens is 1. The molecule has 5 fully saturated rings. The van der Waals surface area contributed by atoms with Crippen molar-refractivity contribution >= 4 is 6.03 Å². The van der Waals surface area contributed by atoms with E-state index in [0.717, 1.165) is 63.5 Å². The molecule has 5 aliphatic rings. The molecular weight excluding hydrogens is 479 g/mol. The SMILES string of the molecule is O=C(N1CC2(CC(Oc3ccc(C(F)(F)F)nn3)C2)C1)N1CC2(CC(c3nnc(C4(O)CC4)[nH]3)C2)C1. The summed E-state index contributed by atoms with van der Waals surface area (Å²) in [5, 5.41) is 25.2. The van der Waals surface area contributed by atoms with Crippen LogP contribution in [0.25, 0.3) is 0 Å². The van der Waals surface area contributed by atoms with Crippen LogP contribution in [0.2, 0.25) is 0 Å². The Morgan fingerprint density at radius 2 is 1.61 bits per heavy atom. The van der Waals surface area contributed by atoms with Gasteiger partial charge in [-0.3, -0.25) is 0 Å². The van der Waals surface area contributed by atoms with Gasteiger partial charge in [-0.2, -0.15) is 13.2 Å². The van der Waals surface area contributed by atoms with Gasteiger partial charge in [0.05, 0.1) is 0 Å². The molecule has 0 radical (unpaired) electrons. The van der Waals surface area contributed by atoms with Gasteiger partial charge in [-0.15, -0.1) is 20.4 Å². The fourth-order valence-electron chi connectivity index (χ4n) is 6.41. The summed E-state index contributed by atoms with van der Waals surface area (Å²) in [6.45, 7) is 2.88.